The predicted octanol–water partition coefficient (Wildman–Crippen LogP) is 21.1. The van der Waals surface area contributed by atoms with Crippen molar-refractivity contribution in [1.29, 1.82) is 0 Å². The molecule has 0 fully saturated rings. The van der Waals surface area contributed by atoms with E-state index >= 15 is 0 Å². The molecule has 0 aromatic heterocycles. The summed E-state index contributed by atoms with van der Waals surface area (Å²) in [6, 6.07) is 0. The standard InChI is InChI=1S/C71H110O6/c1-4-7-10-13-16-19-22-25-28-29-30-31-32-33-34-35-36-37-38-39-40-41-44-46-49-52-55-58-61-64-70(73)76-67-68(77-71(74)65-62-59-56-53-50-47-43-27-24-21-18-15-12-9-6-3)66-75-69(72)63-60-57-54-51-48-45-42-26-23-20-17-14-11-8-5-2/h7-12,16-21,25-28,30-31,33-34,36-37,42-43,48,50-51,53,68H,4-6,13-15,22-24,29,32,35,38-41,44-47,49,52,54-67H2,1-3H3/b10-7-,11-8-,12-9-,19-16-,20-17-,21-18-,28-25-,31-30-,34-33-,37-36-,42-26-,43-27-,51-48-,53-50-. The van der Waals surface area contributed by atoms with Crippen LogP contribution in [0.1, 0.15) is 239 Å². The fraction of sp³-hybridized carbons (Fsp3) is 0.563. The Morgan fingerprint density at radius 2 is 0.468 bits per heavy atom. The van der Waals surface area contributed by atoms with E-state index in [2.05, 4.69) is 191 Å². The van der Waals surface area contributed by atoms with Gasteiger partial charge in [0.1, 0.15) is 13.2 Å². The summed E-state index contributed by atoms with van der Waals surface area (Å²) in [6.45, 7) is 6.21. The van der Waals surface area contributed by atoms with Crippen molar-refractivity contribution in [3.63, 3.8) is 0 Å². The van der Waals surface area contributed by atoms with E-state index in [1.807, 2.05) is 0 Å². The second-order valence-corrected chi connectivity index (χ2v) is 19.5. The van der Waals surface area contributed by atoms with Crippen LogP contribution in [0.4, 0.5) is 0 Å². The van der Waals surface area contributed by atoms with Crippen LogP contribution in [0, 0.1) is 0 Å². The van der Waals surface area contributed by atoms with Crippen molar-refractivity contribution in [2.75, 3.05) is 13.2 Å². The number of esters is 3. The van der Waals surface area contributed by atoms with E-state index in [1.165, 1.54) is 44.9 Å². The maximum atomic E-state index is 12.9. The average molecular weight is 1060 g/mol. The number of allylic oxidation sites excluding steroid dienone is 28. The number of carbonyl (C=O) groups is 3. The van der Waals surface area contributed by atoms with Gasteiger partial charge < -0.3 is 14.2 Å². The lowest BCUT2D eigenvalue weighted by Gasteiger charge is -2.18. The molecule has 0 amide bonds. The van der Waals surface area contributed by atoms with Crippen LogP contribution < -0.4 is 0 Å². The fourth-order valence-corrected chi connectivity index (χ4v) is 7.72. The molecular weight excluding hydrogens is 949 g/mol. The van der Waals surface area contributed by atoms with E-state index in [1.54, 1.807) is 0 Å². The highest BCUT2D eigenvalue weighted by molar-refractivity contribution is 5.71. The zero-order chi connectivity index (χ0) is 55.7. The molecule has 1 atom stereocenters. The van der Waals surface area contributed by atoms with Gasteiger partial charge in [0.2, 0.25) is 0 Å². The van der Waals surface area contributed by atoms with Gasteiger partial charge in [-0.15, -0.1) is 0 Å². The Morgan fingerprint density at radius 3 is 0.753 bits per heavy atom. The van der Waals surface area contributed by atoms with Gasteiger partial charge in [-0.05, 0) is 148 Å². The summed E-state index contributed by atoms with van der Waals surface area (Å²) in [4.78, 5) is 38.2. The largest absolute Gasteiger partial charge is 0.462 e. The van der Waals surface area contributed by atoms with Crippen LogP contribution in [0.2, 0.25) is 0 Å². The van der Waals surface area contributed by atoms with E-state index in [0.717, 1.165) is 141 Å². The number of carbonyl (C=O) groups excluding carboxylic acids is 3. The van der Waals surface area contributed by atoms with E-state index in [0.29, 0.717) is 19.3 Å². The first-order valence-corrected chi connectivity index (χ1v) is 30.6. The van der Waals surface area contributed by atoms with Gasteiger partial charge in [0, 0.05) is 19.3 Å². The van der Waals surface area contributed by atoms with Crippen LogP contribution in [-0.4, -0.2) is 37.2 Å². The SMILES string of the molecule is CC/C=C\C/C=C\C/C=C\C/C=C\C/C=C\C/C=C\CCCCCCCCCCCCC(=O)OCC(COC(=O)CCCC/C=C\C/C=C\C/C=C\C/C=C\CC)OC(=O)CCCC/C=C\C/C=C\C/C=C\C/C=C\CC. The zero-order valence-electron chi connectivity index (χ0n) is 49.1. The minimum Gasteiger partial charge on any atom is -0.462 e. The van der Waals surface area contributed by atoms with Crippen LogP contribution in [0.25, 0.3) is 0 Å². The van der Waals surface area contributed by atoms with Crippen LogP contribution in [0.5, 0.6) is 0 Å². The van der Waals surface area contributed by atoms with Gasteiger partial charge >= 0.3 is 17.9 Å². The monoisotopic (exact) mass is 1060 g/mol. The second kappa shape index (κ2) is 63.3. The first-order chi connectivity index (χ1) is 38.0. The first-order valence-electron chi connectivity index (χ1n) is 30.6. The van der Waals surface area contributed by atoms with E-state index in [4.69, 9.17) is 14.2 Å². The van der Waals surface area contributed by atoms with Gasteiger partial charge in [0.25, 0.3) is 0 Å². The third kappa shape index (κ3) is 61.5. The minimum absolute atomic E-state index is 0.118. The molecule has 0 aliphatic heterocycles. The van der Waals surface area contributed by atoms with E-state index < -0.39 is 6.10 Å². The lowest BCUT2D eigenvalue weighted by molar-refractivity contribution is -0.167. The molecule has 0 saturated carbocycles. The molecule has 0 aromatic carbocycles. The number of hydrogen-bond acceptors (Lipinski definition) is 6. The van der Waals surface area contributed by atoms with Gasteiger partial charge in [-0.25, -0.2) is 0 Å². The Bertz CT molecular complexity index is 1790. The smallest absolute Gasteiger partial charge is 0.306 e. The van der Waals surface area contributed by atoms with Crippen molar-refractivity contribution in [3.8, 4) is 0 Å². The topological polar surface area (TPSA) is 78.9 Å². The molecule has 0 aliphatic carbocycles. The maximum Gasteiger partial charge on any atom is 0.306 e. The Morgan fingerprint density at radius 1 is 0.260 bits per heavy atom. The maximum absolute atomic E-state index is 12.9. The lowest BCUT2D eigenvalue weighted by atomic mass is 10.1. The first kappa shape index (κ1) is 71.8. The molecule has 0 radical (unpaired) electrons. The molecule has 0 aliphatic rings. The Hall–Kier alpha value is -5.23. The van der Waals surface area contributed by atoms with Crippen LogP contribution in [0.15, 0.2) is 170 Å². The second-order valence-electron chi connectivity index (χ2n) is 19.5. The number of ether oxygens (including phenoxy) is 3. The Balaban J connectivity index is 4.40. The molecule has 6 nitrogen and oxygen atoms in total. The van der Waals surface area contributed by atoms with Crippen LogP contribution >= 0.6 is 0 Å². The minimum atomic E-state index is -0.828. The van der Waals surface area contributed by atoms with Gasteiger partial charge in [-0.3, -0.25) is 14.4 Å². The Labute approximate surface area is 472 Å². The fourth-order valence-electron chi connectivity index (χ4n) is 7.72. The van der Waals surface area contributed by atoms with Gasteiger partial charge in [-0.1, -0.05) is 242 Å². The molecule has 0 N–H and O–H groups in total. The molecule has 6 heteroatoms. The zero-order valence-corrected chi connectivity index (χ0v) is 49.1. The number of rotatable bonds is 53. The number of hydrogen-bond donors (Lipinski definition) is 0. The van der Waals surface area contributed by atoms with Gasteiger partial charge in [0.05, 0.1) is 0 Å². The molecule has 0 spiro atoms. The Kier molecular flexibility index (Phi) is 59.0. The molecule has 0 rings (SSSR count). The van der Waals surface area contributed by atoms with Crippen LogP contribution in [-0.2, 0) is 28.6 Å². The highest BCUT2D eigenvalue weighted by Crippen LogP contribution is 2.14. The van der Waals surface area contributed by atoms with Gasteiger partial charge in [-0.2, -0.15) is 0 Å². The van der Waals surface area contributed by atoms with Crippen molar-refractivity contribution in [3.05, 3.63) is 170 Å². The summed E-state index contributed by atoms with van der Waals surface area (Å²) in [7, 11) is 0. The molecule has 0 saturated heterocycles. The molecular formula is C71H110O6. The van der Waals surface area contributed by atoms with E-state index in [-0.39, 0.29) is 44.0 Å². The van der Waals surface area contributed by atoms with Crippen molar-refractivity contribution >= 4 is 17.9 Å². The summed E-state index contributed by atoms with van der Waals surface area (Å²) in [5, 5.41) is 0. The van der Waals surface area contributed by atoms with Gasteiger partial charge in [0.15, 0.2) is 6.10 Å². The molecule has 77 heavy (non-hydrogen) atoms. The van der Waals surface area contributed by atoms with Crippen molar-refractivity contribution < 1.29 is 28.6 Å². The molecule has 0 heterocycles. The summed E-state index contributed by atoms with van der Waals surface area (Å²) < 4.78 is 16.8. The highest BCUT2D eigenvalue weighted by Gasteiger charge is 2.19. The quantitative estimate of drug-likeness (QED) is 0.0261. The lowest BCUT2D eigenvalue weighted by Crippen LogP contribution is -2.30. The summed E-state index contributed by atoms with van der Waals surface area (Å²) in [5.41, 5.74) is 0. The van der Waals surface area contributed by atoms with Crippen molar-refractivity contribution in [1.82, 2.24) is 0 Å². The normalized spacial score (nSPS) is 13.3. The highest BCUT2D eigenvalue weighted by atomic mass is 16.6. The van der Waals surface area contributed by atoms with E-state index in [9.17, 15) is 14.4 Å². The van der Waals surface area contributed by atoms with Crippen molar-refractivity contribution in [2.45, 2.75) is 245 Å². The molecule has 1 unspecified atom stereocenters. The summed E-state index contributed by atoms with van der Waals surface area (Å²) in [5.74, 6) is -1.02. The molecule has 430 valence electrons. The third-order valence-electron chi connectivity index (χ3n) is 12.2. The molecule has 0 aromatic rings. The molecule has 0 bridgehead atoms. The predicted molar refractivity (Wildman–Crippen MR) is 334 cm³/mol. The third-order valence-corrected chi connectivity index (χ3v) is 12.2. The average Bonchev–Trinajstić information content (AvgIpc) is 3.43. The number of unbranched alkanes of at least 4 members (excludes halogenated alkanes) is 14. The van der Waals surface area contributed by atoms with Crippen molar-refractivity contribution in [2.24, 2.45) is 0 Å². The summed E-state index contributed by atoms with van der Waals surface area (Å²) in [6.07, 6.45) is 93.6. The summed E-state index contributed by atoms with van der Waals surface area (Å²) >= 11 is 0. The van der Waals surface area contributed by atoms with Crippen LogP contribution in [0.3, 0.4) is 0 Å².